The maximum Gasteiger partial charge on any atom is 0.349 e. The van der Waals surface area contributed by atoms with Gasteiger partial charge in [0.1, 0.15) is 10.7 Å². The Labute approximate surface area is 89.3 Å². The number of esters is 1. The summed E-state index contributed by atoms with van der Waals surface area (Å²) < 4.78 is 4.57. The van der Waals surface area contributed by atoms with Gasteiger partial charge in [0.2, 0.25) is 5.82 Å². The molecule has 0 saturated carbocycles. The second kappa shape index (κ2) is 3.77. The third-order valence-electron chi connectivity index (χ3n) is 1.68. The summed E-state index contributed by atoms with van der Waals surface area (Å²) in [7, 11) is 1.33. The molecule has 0 spiro atoms. The van der Waals surface area contributed by atoms with Crippen molar-refractivity contribution < 1.29 is 9.53 Å². The van der Waals surface area contributed by atoms with E-state index in [0.29, 0.717) is 21.5 Å². The molecule has 0 radical (unpaired) electrons. The van der Waals surface area contributed by atoms with Gasteiger partial charge in [0.05, 0.1) is 13.3 Å². The standard InChI is InChI=1S/C8H8N4O2S/c1-4-10-6(12-11-4)7-9-3-5(15-7)8(13)14-2/h3H,1-2H3,(H,10,11,12). The zero-order valence-corrected chi connectivity index (χ0v) is 8.96. The van der Waals surface area contributed by atoms with Gasteiger partial charge in [0.15, 0.2) is 5.01 Å². The number of carbonyl (C=O) groups excluding carboxylic acids is 1. The third-order valence-corrected chi connectivity index (χ3v) is 2.65. The molecule has 7 heteroatoms. The Bertz CT molecular complexity index is 490. The first-order chi connectivity index (χ1) is 7.20. The predicted octanol–water partition coefficient (Wildman–Crippen LogP) is 1.02. The fourth-order valence-corrected chi connectivity index (χ4v) is 1.78. The topological polar surface area (TPSA) is 80.8 Å². The highest BCUT2D eigenvalue weighted by Crippen LogP contribution is 2.22. The molecule has 2 heterocycles. The third kappa shape index (κ3) is 1.86. The molecule has 0 aliphatic rings. The van der Waals surface area contributed by atoms with Gasteiger partial charge in [-0.1, -0.05) is 0 Å². The number of nitrogens with one attached hydrogen (secondary N) is 1. The van der Waals surface area contributed by atoms with Crippen LogP contribution in [0.3, 0.4) is 0 Å². The second-order valence-electron chi connectivity index (χ2n) is 2.77. The van der Waals surface area contributed by atoms with Crippen LogP contribution in [0.2, 0.25) is 0 Å². The van der Waals surface area contributed by atoms with Crippen LogP contribution in [0.25, 0.3) is 10.8 Å². The first-order valence-corrected chi connectivity index (χ1v) is 4.96. The SMILES string of the molecule is COC(=O)c1cnc(-c2n[nH]c(C)n2)s1. The molecule has 0 atom stereocenters. The van der Waals surface area contributed by atoms with E-state index in [-0.39, 0.29) is 0 Å². The Balaban J connectivity index is 2.31. The van der Waals surface area contributed by atoms with E-state index < -0.39 is 5.97 Å². The summed E-state index contributed by atoms with van der Waals surface area (Å²) in [4.78, 5) is 19.8. The number of thiazole rings is 1. The van der Waals surface area contributed by atoms with Crippen LogP contribution in [0.1, 0.15) is 15.5 Å². The van der Waals surface area contributed by atoms with Gasteiger partial charge < -0.3 is 4.74 Å². The van der Waals surface area contributed by atoms with E-state index >= 15 is 0 Å². The minimum absolute atomic E-state index is 0.397. The van der Waals surface area contributed by atoms with Crippen LogP contribution in [0.4, 0.5) is 0 Å². The zero-order chi connectivity index (χ0) is 10.8. The number of carbonyl (C=O) groups is 1. The summed E-state index contributed by atoms with van der Waals surface area (Å²) in [6.07, 6.45) is 1.46. The zero-order valence-electron chi connectivity index (χ0n) is 8.14. The lowest BCUT2D eigenvalue weighted by molar-refractivity contribution is 0.0606. The number of rotatable bonds is 2. The number of methoxy groups -OCH3 is 1. The number of nitrogens with zero attached hydrogens (tertiary/aromatic N) is 3. The fourth-order valence-electron chi connectivity index (χ4n) is 1.01. The van der Waals surface area contributed by atoms with E-state index in [1.165, 1.54) is 24.6 Å². The molecule has 0 saturated heterocycles. The van der Waals surface area contributed by atoms with Crippen LogP contribution in [0.5, 0.6) is 0 Å². The van der Waals surface area contributed by atoms with Gasteiger partial charge in [-0.05, 0) is 6.92 Å². The summed E-state index contributed by atoms with van der Waals surface area (Å²) in [6.45, 7) is 1.80. The van der Waals surface area contributed by atoms with E-state index in [1.54, 1.807) is 6.92 Å². The van der Waals surface area contributed by atoms with Crippen molar-refractivity contribution in [3.8, 4) is 10.8 Å². The van der Waals surface area contributed by atoms with Crippen LogP contribution in [-0.2, 0) is 4.74 Å². The molecule has 0 bridgehead atoms. The van der Waals surface area contributed by atoms with Crippen molar-refractivity contribution in [2.24, 2.45) is 0 Å². The Morgan fingerprint density at radius 3 is 3.00 bits per heavy atom. The van der Waals surface area contributed by atoms with Crippen LogP contribution >= 0.6 is 11.3 Å². The number of hydrogen-bond donors (Lipinski definition) is 1. The number of ether oxygens (including phenoxy) is 1. The van der Waals surface area contributed by atoms with Crippen molar-refractivity contribution in [3.05, 3.63) is 16.9 Å². The van der Waals surface area contributed by atoms with Gasteiger partial charge in [0, 0.05) is 0 Å². The van der Waals surface area contributed by atoms with E-state index in [2.05, 4.69) is 24.9 Å². The van der Waals surface area contributed by atoms with Crippen molar-refractivity contribution in [3.63, 3.8) is 0 Å². The summed E-state index contributed by atoms with van der Waals surface area (Å²) in [5.41, 5.74) is 0. The molecule has 15 heavy (non-hydrogen) atoms. The van der Waals surface area contributed by atoms with Gasteiger partial charge in [-0.2, -0.15) is 5.10 Å². The highest BCUT2D eigenvalue weighted by Gasteiger charge is 2.13. The Hall–Kier alpha value is -1.76. The number of hydrogen-bond acceptors (Lipinski definition) is 6. The summed E-state index contributed by atoms with van der Waals surface area (Å²) in [6, 6.07) is 0. The Kier molecular flexibility index (Phi) is 2.46. The Morgan fingerprint density at radius 2 is 2.40 bits per heavy atom. The first kappa shape index (κ1) is 9.78. The van der Waals surface area contributed by atoms with E-state index in [0.717, 1.165) is 0 Å². The van der Waals surface area contributed by atoms with Crippen molar-refractivity contribution in [2.45, 2.75) is 6.92 Å². The molecule has 2 rings (SSSR count). The van der Waals surface area contributed by atoms with Crippen molar-refractivity contribution in [1.29, 1.82) is 0 Å². The molecule has 0 amide bonds. The molecular weight excluding hydrogens is 216 g/mol. The highest BCUT2D eigenvalue weighted by molar-refractivity contribution is 7.16. The summed E-state index contributed by atoms with van der Waals surface area (Å²) in [5.74, 6) is 0.804. The molecule has 0 aliphatic carbocycles. The van der Waals surface area contributed by atoms with Crippen LogP contribution < -0.4 is 0 Å². The molecule has 78 valence electrons. The molecule has 0 aliphatic heterocycles. The molecule has 0 fully saturated rings. The van der Waals surface area contributed by atoms with E-state index in [4.69, 9.17) is 0 Å². The van der Waals surface area contributed by atoms with Crippen LogP contribution in [-0.4, -0.2) is 33.2 Å². The highest BCUT2D eigenvalue weighted by atomic mass is 32.1. The minimum Gasteiger partial charge on any atom is -0.465 e. The summed E-state index contributed by atoms with van der Waals surface area (Å²) >= 11 is 1.20. The lowest BCUT2D eigenvalue weighted by atomic mass is 10.6. The molecule has 0 unspecified atom stereocenters. The molecule has 1 N–H and O–H groups in total. The van der Waals surface area contributed by atoms with Crippen LogP contribution in [0, 0.1) is 6.92 Å². The van der Waals surface area contributed by atoms with Gasteiger partial charge in [-0.15, -0.1) is 11.3 Å². The number of aromatic amines is 1. The monoisotopic (exact) mass is 224 g/mol. The second-order valence-corrected chi connectivity index (χ2v) is 3.80. The molecular formula is C8H8N4O2S. The molecule has 6 nitrogen and oxygen atoms in total. The van der Waals surface area contributed by atoms with Gasteiger partial charge in [-0.3, -0.25) is 5.10 Å². The summed E-state index contributed by atoms with van der Waals surface area (Å²) in [5, 5.41) is 7.25. The van der Waals surface area contributed by atoms with Crippen molar-refractivity contribution in [2.75, 3.05) is 7.11 Å². The number of aryl methyl sites for hydroxylation is 1. The molecule has 0 aromatic carbocycles. The molecule has 2 aromatic heterocycles. The number of H-pyrrole nitrogens is 1. The predicted molar refractivity (Wildman–Crippen MR) is 53.6 cm³/mol. The van der Waals surface area contributed by atoms with Crippen molar-refractivity contribution >= 4 is 17.3 Å². The molecule has 2 aromatic rings. The number of aromatic nitrogens is 4. The average Bonchev–Trinajstić information content (AvgIpc) is 2.84. The van der Waals surface area contributed by atoms with E-state index in [9.17, 15) is 4.79 Å². The first-order valence-electron chi connectivity index (χ1n) is 4.14. The minimum atomic E-state index is -0.397. The quantitative estimate of drug-likeness (QED) is 0.770. The van der Waals surface area contributed by atoms with Crippen molar-refractivity contribution in [1.82, 2.24) is 20.2 Å². The van der Waals surface area contributed by atoms with Gasteiger partial charge in [-0.25, -0.2) is 14.8 Å². The average molecular weight is 224 g/mol. The maximum absolute atomic E-state index is 11.2. The Morgan fingerprint density at radius 1 is 1.60 bits per heavy atom. The lowest BCUT2D eigenvalue weighted by Gasteiger charge is -1.90. The van der Waals surface area contributed by atoms with Crippen LogP contribution in [0.15, 0.2) is 6.20 Å². The lowest BCUT2D eigenvalue weighted by Crippen LogP contribution is -1.96. The van der Waals surface area contributed by atoms with Gasteiger partial charge >= 0.3 is 5.97 Å². The van der Waals surface area contributed by atoms with E-state index in [1.807, 2.05) is 0 Å². The smallest absolute Gasteiger partial charge is 0.349 e. The fraction of sp³-hybridized carbons (Fsp3) is 0.250. The van der Waals surface area contributed by atoms with Gasteiger partial charge in [0.25, 0.3) is 0 Å². The largest absolute Gasteiger partial charge is 0.465 e. The normalized spacial score (nSPS) is 10.3. The maximum atomic E-state index is 11.2.